The van der Waals surface area contributed by atoms with E-state index in [9.17, 15) is 0 Å². The van der Waals surface area contributed by atoms with Gasteiger partial charge in [0.2, 0.25) is 0 Å². The molecular weight excluding hydrogens is 136 g/mol. The van der Waals surface area contributed by atoms with Gasteiger partial charge in [-0.05, 0) is 12.2 Å². The number of hydrogen-bond donors (Lipinski definition) is 2. The van der Waals surface area contributed by atoms with Crippen molar-refractivity contribution >= 4 is 11.8 Å². The highest BCUT2D eigenvalue weighted by molar-refractivity contribution is 7.99. The van der Waals surface area contributed by atoms with Gasteiger partial charge in [-0.2, -0.15) is 11.8 Å². The van der Waals surface area contributed by atoms with Gasteiger partial charge in [0.25, 0.3) is 0 Å². The summed E-state index contributed by atoms with van der Waals surface area (Å²) in [7, 11) is 0. The second-order valence-electron chi connectivity index (χ2n) is 1.91. The van der Waals surface area contributed by atoms with Gasteiger partial charge in [-0.25, -0.2) is 0 Å². The average Bonchev–Trinajstić information content (AvgIpc) is 1.89. The van der Waals surface area contributed by atoms with Gasteiger partial charge in [0.1, 0.15) is 0 Å². The summed E-state index contributed by atoms with van der Waals surface area (Å²) in [6, 6.07) is 0. The smallest absolute Gasteiger partial charge is 0.0861 e. The van der Waals surface area contributed by atoms with E-state index in [-0.39, 0.29) is 6.61 Å². The third kappa shape index (κ3) is 6.15. The Bertz CT molecular complexity index is 59.0. The zero-order valence-electron chi connectivity index (χ0n) is 5.71. The zero-order valence-corrected chi connectivity index (χ0v) is 6.52. The van der Waals surface area contributed by atoms with Crippen LogP contribution in [0.1, 0.15) is 13.3 Å². The molecule has 0 aromatic heterocycles. The fraction of sp³-hybridized carbons (Fsp3) is 1.00. The first-order chi connectivity index (χ1) is 4.31. The maximum atomic E-state index is 8.81. The van der Waals surface area contributed by atoms with Crippen molar-refractivity contribution in [3.8, 4) is 0 Å². The van der Waals surface area contributed by atoms with Crippen molar-refractivity contribution in [1.29, 1.82) is 0 Å². The van der Waals surface area contributed by atoms with E-state index in [2.05, 4.69) is 6.92 Å². The molecule has 56 valence electrons. The van der Waals surface area contributed by atoms with Crippen LogP contribution in [0.25, 0.3) is 0 Å². The lowest BCUT2D eigenvalue weighted by Crippen LogP contribution is -2.14. The number of rotatable bonds is 5. The number of aliphatic hydroxyl groups excluding tert-OH is 2. The fourth-order valence-corrected chi connectivity index (χ4v) is 1.25. The Kier molecular flexibility index (Phi) is 6.58. The van der Waals surface area contributed by atoms with Crippen molar-refractivity contribution in [3.63, 3.8) is 0 Å². The maximum Gasteiger partial charge on any atom is 0.0861 e. The van der Waals surface area contributed by atoms with Crippen LogP contribution in [0, 0.1) is 0 Å². The molecule has 2 nitrogen and oxygen atoms in total. The number of thioether (sulfide) groups is 1. The van der Waals surface area contributed by atoms with E-state index in [1.165, 1.54) is 0 Å². The molecule has 0 bridgehead atoms. The second kappa shape index (κ2) is 6.39. The van der Waals surface area contributed by atoms with E-state index in [1.54, 1.807) is 11.8 Å². The molecule has 0 aromatic rings. The molecule has 1 unspecified atom stereocenters. The number of hydrogen-bond acceptors (Lipinski definition) is 3. The molecule has 0 aliphatic heterocycles. The Labute approximate surface area is 60.3 Å². The summed E-state index contributed by atoms with van der Waals surface area (Å²) in [4.78, 5) is 0. The topological polar surface area (TPSA) is 40.5 Å². The van der Waals surface area contributed by atoms with Crippen molar-refractivity contribution in [2.24, 2.45) is 0 Å². The third-order valence-electron chi connectivity index (χ3n) is 0.869. The monoisotopic (exact) mass is 150 g/mol. The van der Waals surface area contributed by atoms with Gasteiger partial charge in [-0.3, -0.25) is 0 Å². The van der Waals surface area contributed by atoms with E-state index in [0.717, 1.165) is 12.2 Å². The average molecular weight is 150 g/mol. The van der Waals surface area contributed by atoms with Gasteiger partial charge >= 0.3 is 0 Å². The molecule has 0 aliphatic rings. The van der Waals surface area contributed by atoms with Gasteiger partial charge in [-0.1, -0.05) is 6.92 Å². The molecule has 1 atom stereocenters. The Morgan fingerprint density at radius 3 is 2.67 bits per heavy atom. The molecule has 0 fully saturated rings. The Morgan fingerprint density at radius 1 is 1.56 bits per heavy atom. The summed E-state index contributed by atoms with van der Waals surface area (Å²) < 4.78 is 0. The van der Waals surface area contributed by atoms with Crippen LogP contribution < -0.4 is 0 Å². The van der Waals surface area contributed by atoms with E-state index in [1.807, 2.05) is 0 Å². The summed E-state index contributed by atoms with van der Waals surface area (Å²) in [5.41, 5.74) is 0. The highest BCUT2D eigenvalue weighted by Crippen LogP contribution is 2.03. The highest BCUT2D eigenvalue weighted by atomic mass is 32.2. The van der Waals surface area contributed by atoms with E-state index in [0.29, 0.717) is 5.75 Å². The van der Waals surface area contributed by atoms with E-state index < -0.39 is 6.10 Å². The predicted octanol–water partition coefficient (Wildman–Crippen LogP) is 0.483. The van der Waals surface area contributed by atoms with Gasteiger partial charge < -0.3 is 10.2 Å². The molecule has 0 saturated heterocycles. The van der Waals surface area contributed by atoms with Crippen molar-refractivity contribution in [1.82, 2.24) is 0 Å². The SMILES string of the molecule is CCCSCC(O)CO. The molecule has 0 saturated carbocycles. The van der Waals surface area contributed by atoms with Crippen LogP contribution in [0.15, 0.2) is 0 Å². The van der Waals surface area contributed by atoms with Crippen molar-refractivity contribution < 1.29 is 10.2 Å². The van der Waals surface area contributed by atoms with Gasteiger partial charge in [0.15, 0.2) is 0 Å². The predicted molar refractivity (Wildman–Crippen MR) is 40.7 cm³/mol. The lowest BCUT2D eigenvalue weighted by Gasteiger charge is -2.04. The fourth-order valence-electron chi connectivity index (χ4n) is 0.416. The lowest BCUT2D eigenvalue weighted by molar-refractivity contribution is 0.113. The number of aliphatic hydroxyl groups is 2. The molecule has 0 spiro atoms. The summed E-state index contributed by atoms with van der Waals surface area (Å²) >= 11 is 1.68. The molecule has 0 radical (unpaired) electrons. The summed E-state index contributed by atoms with van der Waals surface area (Å²) in [6.07, 6.45) is 0.601. The normalized spacial score (nSPS) is 13.7. The summed E-state index contributed by atoms with van der Waals surface area (Å²) in [5.74, 6) is 1.72. The maximum absolute atomic E-state index is 8.81. The largest absolute Gasteiger partial charge is 0.394 e. The van der Waals surface area contributed by atoms with Crippen LogP contribution in [0.5, 0.6) is 0 Å². The van der Waals surface area contributed by atoms with Gasteiger partial charge in [0, 0.05) is 5.75 Å². The summed E-state index contributed by atoms with van der Waals surface area (Å²) in [5, 5.41) is 17.2. The van der Waals surface area contributed by atoms with Gasteiger partial charge in [-0.15, -0.1) is 0 Å². The van der Waals surface area contributed by atoms with Crippen molar-refractivity contribution in [2.75, 3.05) is 18.1 Å². The lowest BCUT2D eigenvalue weighted by atomic mass is 10.4. The minimum Gasteiger partial charge on any atom is -0.394 e. The molecule has 9 heavy (non-hydrogen) atoms. The van der Waals surface area contributed by atoms with E-state index >= 15 is 0 Å². The molecule has 2 N–H and O–H groups in total. The Morgan fingerprint density at radius 2 is 2.22 bits per heavy atom. The summed E-state index contributed by atoms with van der Waals surface area (Å²) in [6.45, 7) is 1.98. The van der Waals surface area contributed by atoms with E-state index in [4.69, 9.17) is 10.2 Å². The molecule has 0 aliphatic carbocycles. The third-order valence-corrected chi connectivity index (χ3v) is 2.19. The Hall–Kier alpha value is 0.270. The second-order valence-corrected chi connectivity index (χ2v) is 3.06. The molecule has 0 heterocycles. The molecular formula is C6H14O2S. The standard InChI is InChI=1S/C6H14O2S/c1-2-3-9-5-6(8)4-7/h6-8H,2-5H2,1H3. The van der Waals surface area contributed by atoms with Crippen molar-refractivity contribution in [2.45, 2.75) is 19.4 Å². The highest BCUT2D eigenvalue weighted by Gasteiger charge is 1.99. The molecule has 3 heteroatoms. The quantitative estimate of drug-likeness (QED) is 0.560. The van der Waals surface area contributed by atoms with Crippen molar-refractivity contribution in [3.05, 3.63) is 0 Å². The first kappa shape index (κ1) is 9.27. The van der Waals surface area contributed by atoms with Gasteiger partial charge in [0.05, 0.1) is 12.7 Å². The van der Waals surface area contributed by atoms with Crippen LogP contribution in [0.4, 0.5) is 0 Å². The minimum atomic E-state index is -0.526. The van der Waals surface area contributed by atoms with Crippen LogP contribution >= 0.6 is 11.8 Å². The molecule has 0 amide bonds. The van der Waals surface area contributed by atoms with Crippen LogP contribution in [-0.2, 0) is 0 Å². The minimum absolute atomic E-state index is 0.114. The zero-order chi connectivity index (χ0) is 7.11. The first-order valence-electron chi connectivity index (χ1n) is 3.18. The Balaban J connectivity index is 2.88. The van der Waals surface area contributed by atoms with Crippen LogP contribution in [0.3, 0.4) is 0 Å². The van der Waals surface area contributed by atoms with Crippen LogP contribution in [-0.4, -0.2) is 34.4 Å². The van der Waals surface area contributed by atoms with Crippen LogP contribution in [0.2, 0.25) is 0 Å². The molecule has 0 rings (SSSR count). The first-order valence-corrected chi connectivity index (χ1v) is 4.33. The molecule has 0 aromatic carbocycles.